The molecule has 1 heterocycles. The molecule has 0 bridgehead atoms. The van der Waals surface area contributed by atoms with Crippen LogP contribution in [0, 0.1) is 6.92 Å². The predicted molar refractivity (Wildman–Crippen MR) is 98.3 cm³/mol. The summed E-state index contributed by atoms with van der Waals surface area (Å²) in [5.41, 5.74) is 3.06. The highest BCUT2D eigenvalue weighted by atomic mass is 16.5. The van der Waals surface area contributed by atoms with Crippen LogP contribution in [0.25, 0.3) is 0 Å². The van der Waals surface area contributed by atoms with E-state index in [-0.39, 0.29) is 18.6 Å². The maximum Gasteiger partial charge on any atom is 0.251 e. The minimum atomic E-state index is -0.293. The third-order valence-electron chi connectivity index (χ3n) is 3.77. The molecule has 0 spiro atoms. The molecule has 4 heteroatoms. The molecule has 0 unspecified atom stereocenters. The zero-order chi connectivity index (χ0) is 17.5. The zero-order valence-electron chi connectivity index (χ0n) is 14.1. The van der Waals surface area contributed by atoms with E-state index in [1.807, 2.05) is 79.7 Å². The average Bonchev–Trinajstić information content (AvgIpc) is 2.64. The maximum absolute atomic E-state index is 12.2. The molecule has 3 aromatic rings. The Morgan fingerprint density at radius 3 is 2.16 bits per heavy atom. The van der Waals surface area contributed by atoms with E-state index in [0.29, 0.717) is 5.82 Å². The Balaban J connectivity index is 1.70. The highest BCUT2D eigenvalue weighted by Gasteiger charge is 2.16. The van der Waals surface area contributed by atoms with E-state index in [1.165, 1.54) is 0 Å². The lowest BCUT2D eigenvalue weighted by Crippen LogP contribution is -2.21. The van der Waals surface area contributed by atoms with Gasteiger partial charge in [-0.15, -0.1) is 0 Å². The van der Waals surface area contributed by atoms with E-state index in [9.17, 15) is 4.79 Å². The van der Waals surface area contributed by atoms with Crippen molar-refractivity contribution in [2.45, 2.75) is 13.0 Å². The minimum Gasteiger partial charge on any atom is -0.359 e. The monoisotopic (exact) mass is 332 g/mol. The van der Waals surface area contributed by atoms with Crippen molar-refractivity contribution >= 4 is 11.7 Å². The van der Waals surface area contributed by atoms with Crippen molar-refractivity contribution in [3.8, 4) is 0 Å². The van der Waals surface area contributed by atoms with Gasteiger partial charge in [-0.2, -0.15) is 0 Å². The maximum atomic E-state index is 12.2. The van der Waals surface area contributed by atoms with Crippen molar-refractivity contribution in [3.63, 3.8) is 0 Å². The van der Waals surface area contributed by atoms with Gasteiger partial charge in [-0.25, -0.2) is 4.98 Å². The largest absolute Gasteiger partial charge is 0.359 e. The summed E-state index contributed by atoms with van der Waals surface area (Å²) in [4.78, 5) is 16.4. The summed E-state index contributed by atoms with van der Waals surface area (Å²) in [7, 11) is 0. The SMILES string of the molecule is Cc1ccnc(NC(=O)COC(c2ccccc2)c2ccccc2)c1. The third-order valence-corrected chi connectivity index (χ3v) is 3.77. The van der Waals surface area contributed by atoms with Gasteiger partial charge in [0.2, 0.25) is 0 Å². The molecule has 0 radical (unpaired) electrons. The fourth-order valence-electron chi connectivity index (χ4n) is 2.58. The summed E-state index contributed by atoms with van der Waals surface area (Å²) in [5, 5.41) is 2.77. The van der Waals surface area contributed by atoms with Crippen molar-refractivity contribution in [2.75, 3.05) is 11.9 Å². The Labute approximate surface area is 147 Å². The number of rotatable bonds is 6. The number of aromatic nitrogens is 1. The number of amides is 1. The number of pyridine rings is 1. The molecule has 1 N–H and O–H groups in total. The molecule has 0 aliphatic rings. The minimum absolute atomic E-state index is 0.0515. The summed E-state index contributed by atoms with van der Waals surface area (Å²) in [6.45, 7) is 1.90. The number of hydrogen-bond acceptors (Lipinski definition) is 3. The quantitative estimate of drug-likeness (QED) is 0.738. The van der Waals surface area contributed by atoms with Crippen molar-refractivity contribution < 1.29 is 9.53 Å². The number of hydrogen-bond donors (Lipinski definition) is 1. The molecule has 25 heavy (non-hydrogen) atoms. The molecule has 1 amide bonds. The van der Waals surface area contributed by atoms with Crippen LogP contribution in [0.15, 0.2) is 79.0 Å². The summed E-state index contributed by atoms with van der Waals surface area (Å²) in [5.74, 6) is 0.305. The molecular formula is C21H20N2O2. The van der Waals surface area contributed by atoms with E-state index >= 15 is 0 Å². The van der Waals surface area contributed by atoms with Crippen LogP contribution in [-0.4, -0.2) is 17.5 Å². The van der Waals surface area contributed by atoms with E-state index in [1.54, 1.807) is 6.20 Å². The van der Waals surface area contributed by atoms with Crippen molar-refractivity contribution in [3.05, 3.63) is 95.7 Å². The van der Waals surface area contributed by atoms with E-state index in [4.69, 9.17) is 4.74 Å². The molecule has 0 saturated heterocycles. The van der Waals surface area contributed by atoms with Crippen molar-refractivity contribution in [1.29, 1.82) is 0 Å². The van der Waals surface area contributed by atoms with Gasteiger partial charge < -0.3 is 10.1 Å². The third kappa shape index (κ3) is 4.75. The van der Waals surface area contributed by atoms with Crippen LogP contribution in [0.4, 0.5) is 5.82 Å². The Morgan fingerprint density at radius 1 is 1.00 bits per heavy atom. The van der Waals surface area contributed by atoms with Gasteiger partial charge in [0.15, 0.2) is 0 Å². The fourth-order valence-corrected chi connectivity index (χ4v) is 2.58. The summed E-state index contributed by atoms with van der Waals surface area (Å²) >= 11 is 0. The molecule has 0 aliphatic carbocycles. The second kappa shape index (κ2) is 8.22. The van der Waals surface area contributed by atoms with Gasteiger partial charge >= 0.3 is 0 Å². The van der Waals surface area contributed by atoms with E-state index in [0.717, 1.165) is 16.7 Å². The molecule has 2 aromatic carbocycles. The first-order valence-corrected chi connectivity index (χ1v) is 8.16. The number of benzene rings is 2. The van der Waals surface area contributed by atoms with Crippen LogP contribution < -0.4 is 5.32 Å². The molecule has 0 atom stereocenters. The average molecular weight is 332 g/mol. The fraction of sp³-hybridized carbons (Fsp3) is 0.143. The highest BCUT2D eigenvalue weighted by molar-refractivity contribution is 5.90. The normalized spacial score (nSPS) is 10.6. The van der Waals surface area contributed by atoms with Gasteiger partial charge in [-0.3, -0.25) is 4.79 Å². The first-order chi connectivity index (χ1) is 12.2. The summed E-state index contributed by atoms with van der Waals surface area (Å²) < 4.78 is 5.94. The first kappa shape index (κ1) is 16.9. The van der Waals surface area contributed by atoms with Crippen LogP contribution in [0.1, 0.15) is 22.8 Å². The Morgan fingerprint density at radius 2 is 1.60 bits per heavy atom. The van der Waals surface area contributed by atoms with Crippen LogP contribution in [0.2, 0.25) is 0 Å². The van der Waals surface area contributed by atoms with Gasteiger partial charge in [0.25, 0.3) is 5.91 Å². The van der Waals surface area contributed by atoms with Crippen LogP contribution in [0.3, 0.4) is 0 Å². The molecule has 1 aromatic heterocycles. The topological polar surface area (TPSA) is 51.2 Å². The zero-order valence-corrected chi connectivity index (χ0v) is 14.1. The molecule has 3 rings (SSSR count). The summed E-state index contributed by atoms with van der Waals surface area (Å²) in [6.07, 6.45) is 1.38. The van der Waals surface area contributed by atoms with Crippen LogP contribution in [0.5, 0.6) is 0 Å². The Hall–Kier alpha value is -2.98. The van der Waals surface area contributed by atoms with Crippen LogP contribution in [-0.2, 0) is 9.53 Å². The van der Waals surface area contributed by atoms with Gasteiger partial charge in [0.1, 0.15) is 18.5 Å². The molecule has 0 fully saturated rings. The Kier molecular flexibility index (Phi) is 5.54. The number of nitrogens with zero attached hydrogens (tertiary/aromatic N) is 1. The van der Waals surface area contributed by atoms with Gasteiger partial charge in [0, 0.05) is 6.20 Å². The van der Waals surface area contributed by atoms with Gasteiger partial charge in [0.05, 0.1) is 0 Å². The van der Waals surface area contributed by atoms with E-state index < -0.39 is 0 Å². The lowest BCUT2D eigenvalue weighted by Gasteiger charge is -2.18. The molecule has 4 nitrogen and oxygen atoms in total. The molecule has 0 saturated carbocycles. The second-order valence-corrected chi connectivity index (χ2v) is 5.78. The molecular weight excluding hydrogens is 312 g/mol. The molecule has 126 valence electrons. The predicted octanol–water partition coefficient (Wildman–Crippen LogP) is 4.13. The lowest BCUT2D eigenvalue weighted by molar-refractivity contribution is -0.121. The highest BCUT2D eigenvalue weighted by Crippen LogP contribution is 2.25. The van der Waals surface area contributed by atoms with Crippen molar-refractivity contribution in [2.24, 2.45) is 0 Å². The number of carbonyl (C=O) groups is 1. The van der Waals surface area contributed by atoms with E-state index in [2.05, 4.69) is 10.3 Å². The first-order valence-electron chi connectivity index (χ1n) is 8.16. The van der Waals surface area contributed by atoms with Crippen LogP contribution >= 0.6 is 0 Å². The summed E-state index contributed by atoms with van der Waals surface area (Å²) in [6, 6.07) is 23.5. The number of anilines is 1. The molecule has 0 aliphatic heterocycles. The second-order valence-electron chi connectivity index (χ2n) is 5.78. The smallest absolute Gasteiger partial charge is 0.251 e. The van der Waals surface area contributed by atoms with Crippen molar-refractivity contribution in [1.82, 2.24) is 4.98 Å². The Bertz CT molecular complexity index is 780. The number of aryl methyl sites for hydroxylation is 1. The van der Waals surface area contributed by atoms with Gasteiger partial charge in [-0.1, -0.05) is 60.7 Å². The van der Waals surface area contributed by atoms with Gasteiger partial charge in [-0.05, 0) is 35.7 Å². The lowest BCUT2D eigenvalue weighted by atomic mass is 10.0. The number of carbonyl (C=O) groups excluding carboxylic acids is 1. The number of ether oxygens (including phenoxy) is 1. The number of nitrogens with one attached hydrogen (secondary N) is 1. The standard InChI is InChI=1S/C21H20N2O2/c1-16-12-13-22-19(14-16)23-20(24)15-25-21(17-8-4-2-5-9-17)18-10-6-3-7-11-18/h2-14,21H,15H2,1H3,(H,22,23,24).